The normalized spacial score (nSPS) is 15.1. The number of thiazole rings is 1. The number of amides is 1. The van der Waals surface area contributed by atoms with Crippen molar-refractivity contribution in [1.82, 2.24) is 10.3 Å². The summed E-state index contributed by atoms with van der Waals surface area (Å²) in [6.07, 6.45) is 8.39. The van der Waals surface area contributed by atoms with Crippen molar-refractivity contribution in [2.75, 3.05) is 12.3 Å². The van der Waals surface area contributed by atoms with E-state index in [-0.39, 0.29) is 5.91 Å². The molecule has 0 fully saturated rings. The summed E-state index contributed by atoms with van der Waals surface area (Å²) in [4.78, 5) is 16.0. The smallest absolute Gasteiger partial charge is 0.230 e. The number of thioether (sulfide) groups is 1. The number of hydrogen-bond acceptors (Lipinski definition) is 4. The molecular formula is C14H20N2OS2. The van der Waals surface area contributed by atoms with E-state index in [0.29, 0.717) is 5.75 Å². The van der Waals surface area contributed by atoms with Gasteiger partial charge < -0.3 is 5.32 Å². The lowest BCUT2D eigenvalue weighted by Gasteiger charge is -2.12. The maximum atomic E-state index is 11.7. The van der Waals surface area contributed by atoms with Crippen LogP contribution in [0.5, 0.6) is 0 Å². The fourth-order valence-corrected chi connectivity index (χ4v) is 3.75. The Bertz CT molecular complexity index is 454. The third-order valence-corrected chi connectivity index (χ3v) is 5.22. The molecule has 2 rings (SSSR count). The van der Waals surface area contributed by atoms with Gasteiger partial charge in [-0.1, -0.05) is 23.4 Å². The molecule has 0 aromatic carbocycles. The zero-order valence-electron chi connectivity index (χ0n) is 11.3. The van der Waals surface area contributed by atoms with E-state index in [4.69, 9.17) is 0 Å². The minimum absolute atomic E-state index is 0.106. The number of nitrogens with zero attached hydrogens (tertiary/aromatic N) is 1. The van der Waals surface area contributed by atoms with Gasteiger partial charge in [0.15, 0.2) is 4.34 Å². The maximum absolute atomic E-state index is 11.7. The Morgan fingerprint density at radius 2 is 2.42 bits per heavy atom. The van der Waals surface area contributed by atoms with Crippen molar-refractivity contribution in [3.63, 3.8) is 0 Å². The average molecular weight is 296 g/mol. The van der Waals surface area contributed by atoms with Gasteiger partial charge in [-0.3, -0.25) is 4.79 Å². The zero-order chi connectivity index (χ0) is 13.5. The van der Waals surface area contributed by atoms with Gasteiger partial charge in [-0.15, -0.1) is 11.3 Å². The summed E-state index contributed by atoms with van der Waals surface area (Å²) in [6, 6.07) is 0. The Morgan fingerprint density at radius 3 is 3.11 bits per heavy atom. The largest absolute Gasteiger partial charge is 0.355 e. The molecule has 0 bridgehead atoms. The van der Waals surface area contributed by atoms with Crippen molar-refractivity contribution in [3.8, 4) is 0 Å². The lowest BCUT2D eigenvalue weighted by Crippen LogP contribution is -2.26. The lowest BCUT2D eigenvalue weighted by atomic mass is 9.97. The first kappa shape index (κ1) is 14.6. The highest BCUT2D eigenvalue weighted by atomic mass is 32.2. The summed E-state index contributed by atoms with van der Waals surface area (Å²) >= 11 is 3.12. The predicted molar refractivity (Wildman–Crippen MR) is 81.8 cm³/mol. The minimum atomic E-state index is 0.106. The Balaban J connectivity index is 1.60. The Labute approximate surface area is 122 Å². The van der Waals surface area contributed by atoms with Gasteiger partial charge in [-0.05, 0) is 39.0 Å². The Morgan fingerprint density at radius 1 is 1.53 bits per heavy atom. The number of nitrogens with one attached hydrogen (secondary N) is 1. The average Bonchev–Trinajstić information content (AvgIpc) is 2.83. The van der Waals surface area contributed by atoms with E-state index in [1.165, 1.54) is 43.0 Å². The second-order valence-corrected chi connectivity index (χ2v) is 6.83. The molecular weight excluding hydrogens is 276 g/mol. The van der Waals surface area contributed by atoms with Crippen LogP contribution in [-0.4, -0.2) is 23.2 Å². The molecule has 0 radical (unpaired) electrons. The number of aromatic nitrogens is 1. The van der Waals surface area contributed by atoms with E-state index < -0.39 is 0 Å². The fraction of sp³-hybridized carbons (Fsp3) is 0.571. The van der Waals surface area contributed by atoms with Crippen LogP contribution in [0.4, 0.5) is 0 Å². The van der Waals surface area contributed by atoms with Crippen LogP contribution in [0.2, 0.25) is 0 Å². The Hall–Kier alpha value is -0.810. The molecule has 1 aromatic rings. The summed E-state index contributed by atoms with van der Waals surface area (Å²) in [6.45, 7) is 2.74. The molecule has 1 aromatic heterocycles. The number of rotatable bonds is 6. The summed E-state index contributed by atoms with van der Waals surface area (Å²) in [5.74, 6) is 0.570. The first-order chi connectivity index (χ1) is 9.24. The molecule has 104 valence electrons. The van der Waals surface area contributed by atoms with Crippen LogP contribution in [0, 0.1) is 6.92 Å². The summed E-state index contributed by atoms with van der Waals surface area (Å²) in [5.41, 5.74) is 2.53. The van der Waals surface area contributed by atoms with E-state index in [2.05, 4.69) is 16.4 Å². The van der Waals surface area contributed by atoms with Crippen LogP contribution in [-0.2, 0) is 4.79 Å². The molecule has 0 saturated heterocycles. The van der Waals surface area contributed by atoms with Gasteiger partial charge in [0, 0.05) is 17.6 Å². The highest BCUT2D eigenvalue weighted by molar-refractivity contribution is 8.01. The first-order valence-electron chi connectivity index (χ1n) is 6.73. The molecule has 5 heteroatoms. The molecule has 1 amide bonds. The van der Waals surface area contributed by atoms with E-state index in [0.717, 1.165) is 23.0 Å². The van der Waals surface area contributed by atoms with Crippen LogP contribution >= 0.6 is 23.1 Å². The van der Waals surface area contributed by atoms with Crippen LogP contribution < -0.4 is 5.32 Å². The summed E-state index contributed by atoms with van der Waals surface area (Å²) in [5, 5.41) is 4.99. The second-order valence-electron chi connectivity index (χ2n) is 4.75. The molecule has 1 heterocycles. The van der Waals surface area contributed by atoms with Gasteiger partial charge in [0.2, 0.25) is 5.91 Å². The minimum Gasteiger partial charge on any atom is -0.355 e. The highest BCUT2D eigenvalue weighted by Gasteiger charge is 2.07. The van der Waals surface area contributed by atoms with Crippen LogP contribution in [0.1, 0.15) is 37.8 Å². The monoisotopic (exact) mass is 296 g/mol. The van der Waals surface area contributed by atoms with Crippen molar-refractivity contribution in [1.29, 1.82) is 0 Å². The zero-order valence-corrected chi connectivity index (χ0v) is 12.9. The van der Waals surface area contributed by atoms with E-state index >= 15 is 0 Å². The molecule has 0 aliphatic heterocycles. The molecule has 0 unspecified atom stereocenters. The van der Waals surface area contributed by atoms with Gasteiger partial charge in [0.25, 0.3) is 0 Å². The topological polar surface area (TPSA) is 42.0 Å². The van der Waals surface area contributed by atoms with E-state index in [1.54, 1.807) is 11.3 Å². The molecule has 1 N–H and O–H groups in total. The maximum Gasteiger partial charge on any atom is 0.230 e. The van der Waals surface area contributed by atoms with Crippen molar-refractivity contribution < 1.29 is 4.79 Å². The quantitative estimate of drug-likeness (QED) is 0.645. The van der Waals surface area contributed by atoms with E-state index in [1.807, 2.05) is 12.3 Å². The molecule has 19 heavy (non-hydrogen) atoms. The summed E-state index contributed by atoms with van der Waals surface area (Å²) in [7, 11) is 0. The highest BCUT2D eigenvalue weighted by Crippen LogP contribution is 2.22. The van der Waals surface area contributed by atoms with Gasteiger partial charge in [0.1, 0.15) is 0 Å². The molecule has 0 saturated carbocycles. The summed E-state index contributed by atoms with van der Waals surface area (Å²) < 4.78 is 0.975. The number of carbonyl (C=O) groups excluding carboxylic acids is 1. The van der Waals surface area contributed by atoms with Crippen LogP contribution in [0.25, 0.3) is 0 Å². The molecule has 3 nitrogen and oxygen atoms in total. The number of allylic oxidation sites excluding steroid dienone is 1. The standard InChI is InChI=1S/C14H20N2OS2/c1-11-9-18-14(16-11)19-10-13(17)15-8-7-12-5-3-2-4-6-12/h5,9H,2-4,6-8,10H2,1H3,(H,15,17). The third kappa shape index (κ3) is 5.37. The Kier molecular flexibility index (Phi) is 5.92. The second kappa shape index (κ2) is 7.70. The van der Waals surface area contributed by atoms with Crippen LogP contribution in [0.15, 0.2) is 21.4 Å². The lowest BCUT2D eigenvalue weighted by molar-refractivity contribution is -0.118. The molecule has 1 aliphatic rings. The van der Waals surface area contributed by atoms with Crippen molar-refractivity contribution in [3.05, 3.63) is 22.7 Å². The first-order valence-corrected chi connectivity index (χ1v) is 8.60. The number of hydrogen-bond donors (Lipinski definition) is 1. The SMILES string of the molecule is Cc1csc(SCC(=O)NCCC2=CCCCC2)n1. The molecule has 1 aliphatic carbocycles. The van der Waals surface area contributed by atoms with Gasteiger partial charge in [-0.25, -0.2) is 4.98 Å². The number of aryl methyl sites for hydroxylation is 1. The predicted octanol–water partition coefficient (Wildman–Crippen LogP) is 3.55. The molecule has 0 spiro atoms. The van der Waals surface area contributed by atoms with Crippen molar-refractivity contribution in [2.45, 2.75) is 43.4 Å². The van der Waals surface area contributed by atoms with E-state index in [9.17, 15) is 4.79 Å². The van der Waals surface area contributed by atoms with Crippen molar-refractivity contribution >= 4 is 29.0 Å². The third-order valence-electron chi connectivity index (χ3n) is 3.08. The number of carbonyl (C=O) groups is 1. The van der Waals surface area contributed by atoms with Crippen LogP contribution in [0.3, 0.4) is 0 Å². The van der Waals surface area contributed by atoms with Gasteiger partial charge >= 0.3 is 0 Å². The molecule has 0 atom stereocenters. The van der Waals surface area contributed by atoms with Gasteiger partial charge in [0.05, 0.1) is 5.75 Å². The fourth-order valence-electron chi connectivity index (χ4n) is 2.07. The van der Waals surface area contributed by atoms with Crippen molar-refractivity contribution in [2.24, 2.45) is 0 Å². The van der Waals surface area contributed by atoms with Gasteiger partial charge in [-0.2, -0.15) is 0 Å².